The van der Waals surface area contributed by atoms with Crippen molar-refractivity contribution in [1.82, 2.24) is 0 Å². The van der Waals surface area contributed by atoms with E-state index in [1.54, 1.807) is 0 Å². The Bertz CT molecular complexity index is 585. The van der Waals surface area contributed by atoms with Crippen LogP contribution in [0.2, 0.25) is 0 Å². The van der Waals surface area contributed by atoms with Crippen molar-refractivity contribution in [1.29, 1.82) is 0 Å². The van der Waals surface area contributed by atoms with Gasteiger partial charge in [-0.3, -0.25) is 0 Å². The van der Waals surface area contributed by atoms with E-state index < -0.39 is 36.8 Å². The Morgan fingerprint density at radius 1 is 1.00 bits per heavy atom. The molecule has 2 heterocycles. The average Bonchev–Trinajstić information content (AvgIpc) is 2.71. The molecule has 0 N–H and O–H groups in total. The Kier molecular flexibility index (Phi) is 7.77. The minimum Gasteiger partial charge on any atom is -0.369 e. The number of hydrogen-bond donors (Lipinski definition) is 0. The van der Waals surface area contributed by atoms with Gasteiger partial charge in [0.05, 0.1) is 6.61 Å². The number of benzene rings is 1. The van der Waals surface area contributed by atoms with Gasteiger partial charge in [-0.1, -0.05) is 57.0 Å². The van der Waals surface area contributed by atoms with Gasteiger partial charge in [-0.2, -0.15) is 8.78 Å². The van der Waals surface area contributed by atoms with E-state index in [2.05, 4.69) is 0 Å². The van der Waals surface area contributed by atoms with Gasteiger partial charge in [-0.25, -0.2) is 0 Å². The third-order valence-electron chi connectivity index (χ3n) is 4.98. The lowest BCUT2D eigenvalue weighted by Gasteiger charge is -2.48. The first kappa shape index (κ1) is 21.6. The molecular formula is C21H30F2O5. The predicted molar refractivity (Wildman–Crippen MR) is 99.1 cm³/mol. The zero-order chi connectivity index (χ0) is 20.0. The molecule has 0 spiro atoms. The molecule has 158 valence electrons. The zero-order valence-electron chi connectivity index (χ0n) is 16.5. The highest BCUT2D eigenvalue weighted by atomic mass is 19.3. The number of unbranched alkanes of at least 4 members (excludes halogenated alkanes) is 2. The molecule has 2 aliphatic rings. The molecule has 1 aromatic carbocycles. The molecule has 3 rings (SSSR count). The summed E-state index contributed by atoms with van der Waals surface area (Å²) in [5, 5.41) is 0. The summed E-state index contributed by atoms with van der Waals surface area (Å²) in [6.45, 7) is 4.55. The van der Waals surface area contributed by atoms with Gasteiger partial charge >= 0.3 is 5.92 Å². The summed E-state index contributed by atoms with van der Waals surface area (Å²) in [6, 6.07) is 9.27. The Balaban J connectivity index is 1.76. The molecule has 0 radical (unpaired) electrons. The SMILES string of the molecule is CCCCOC1OC2COC(c3ccccc3)OC2C(OCCCC)C1(F)F. The van der Waals surface area contributed by atoms with E-state index in [9.17, 15) is 0 Å². The van der Waals surface area contributed by atoms with Crippen LogP contribution in [-0.2, 0) is 23.7 Å². The van der Waals surface area contributed by atoms with E-state index in [0.29, 0.717) is 12.8 Å². The van der Waals surface area contributed by atoms with Crippen LogP contribution in [0.5, 0.6) is 0 Å². The first-order valence-corrected chi connectivity index (χ1v) is 10.2. The molecular weight excluding hydrogens is 370 g/mol. The van der Waals surface area contributed by atoms with Crippen LogP contribution in [0.25, 0.3) is 0 Å². The maximum atomic E-state index is 15.2. The van der Waals surface area contributed by atoms with Gasteiger partial charge in [-0.15, -0.1) is 0 Å². The Morgan fingerprint density at radius 3 is 2.36 bits per heavy atom. The van der Waals surface area contributed by atoms with Crippen molar-refractivity contribution < 1.29 is 32.5 Å². The maximum absolute atomic E-state index is 15.2. The number of alkyl halides is 2. The minimum atomic E-state index is -3.32. The largest absolute Gasteiger partial charge is 0.369 e. The molecule has 5 unspecified atom stereocenters. The van der Waals surface area contributed by atoms with Crippen molar-refractivity contribution >= 4 is 0 Å². The first-order chi connectivity index (χ1) is 13.6. The lowest BCUT2D eigenvalue weighted by atomic mass is 9.96. The molecule has 1 aromatic rings. The van der Waals surface area contributed by atoms with Gasteiger partial charge in [0.15, 0.2) is 12.4 Å². The molecule has 0 bridgehead atoms. The Hall–Kier alpha value is -1.12. The van der Waals surface area contributed by atoms with Crippen LogP contribution in [0.3, 0.4) is 0 Å². The van der Waals surface area contributed by atoms with Crippen LogP contribution in [-0.4, -0.2) is 50.3 Å². The Labute approximate surface area is 165 Å². The van der Waals surface area contributed by atoms with E-state index in [-0.39, 0.29) is 19.8 Å². The van der Waals surface area contributed by atoms with Crippen molar-refractivity contribution in [3.05, 3.63) is 35.9 Å². The summed E-state index contributed by atoms with van der Waals surface area (Å²) in [7, 11) is 0. The third kappa shape index (κ3) is 4.89. The number of fused-ring (bicyclic) bond motifs is 1. The van der Waals surface area contributed by atoms with Crippen LogP contribution in [0.4, 0.5) is 8.78 Å². The molecule has 2 fully saturated rings. The fraction of sp³-hybridized carbons (Fsp3) is 0.714. The molecule has 5 atom stereocenters. The van der Waals surface area contributed by atoms with Crippen molar-refractivity contribution in [2.24, 2.45) is 0 Å². The molecule has 0 saturated carbocycles. The Morgan fingerprint density at radius 2 is 1.68 bits per heavy atom. The zero-order valence-corrected chi connectivity index (χ0v) is 16.5. The lowest BCUT2D eigenvalue weighted by molar-refractivity contribution is -0.402. The van der Waals surface area contributed by atoms with E-state index >= 15 is 8.78 Å². The normalized spacial score (nSPS) is 32.1. The molecule has 5 nitrogen and oxygen atoms in total. The third-order valence-corrected chi connectivity index (χ3v) is 4.98. The van der Waals surface area contributed by atoms with Gasteiger partial charge in [0.1, 0.15) is 12.2 Å². The summed E-state index contributed by atoms with van der Waals surface area (Å²) in [5.41, 5.74) is 0.776. The standard InChI is InChI=1S/C21H30F2O5/c1-3-5-12-24-18-17-16(27-20(21(18,22)23)25-13-6-4-2)14-26-19(28-17)15-10-8-7-9-11-15/h7-11,16-20H,3-6,12-14H2,1-2H3. The number of rotatable bonds is 9. The molecule has 0 aliphatic carbocycles. The van der Waals surface area contributed by atoms with E-state index in [1.807, 2.05) is 44.2 Å². The second kappa shape index (κ2) is 10.1. The van der Waals surface area contributed by atoms with Crippen molar-refractivity contribution in [2.45, 2.75) is 76.3 Å². The second-order valence-corrected chi connectivity index (χ2v) is 7.23. The summed E-state index contributed by atoms with van der Waals surface area (Å²) < 4.78 is 58.6. The van der Waals surface area contributed by atoms with Crippen molar-refractivity contribution in [3.63, 3.8) is 0 Å². The van der Waals surface area contributed by atoms with Crippen LogP contribution in [0.1, 0.15) is 51.4 Å². The lowest BCUT2D eigenvalue weighted by Crippen LogP contribution is -2.66. The quantitative estimate of drug-likeness (QED) is 0.573. The topological polar surface area (TPSA) is 46.2 Å². The average molecular weight is 400 g/mol. The van der Waals surface area contributed by atoms with E-state index in [1.165, 1.54) is 0 Å². The molecule has 2 aliphatic heterocycles. The number of ether oxygens (including phenoxy) is 5. The van der Waals surface area contributed by atoms with E-state index in [0.717, 1.165) is 18.4 Å². The highest BCUT2D eigenvalue weighted by Gasteiger charge is 2.62. The van der Waals surface area contributed by atoms with Crippen LogP contribution in [0, 0.1) is 0 Å². The fourth-order valence-corrected chi connectivity index (χ4v) is 3.36. The maximum Gasteiger partial charge on any atom is 0.326 e. The number of hydrogen-bond acceptors (Lipinski definition) is 5. The highest BCUT2D eigenvalue weighted by Crippen LogP contribution is 2.42. The van der Waals surface area contributed by atoms with Gasteiger partial charge in [0.25, 0.3) is 0 Å². The molecule has 0 aromatic heterocycles. The fourth-order valence-electron chi connectivity index (χ4n) is 3.36. The smallest absolute Gasteiger partial charge is 0.326 e. The summed E-state index contributed by atoms with van der Waals surface area (Å²) in [6.07, 6.45) is -2.33. The summed E-state index contributed by atoms with van der Waals surface area (Å²) in [4.78, 5) is 0. The predicted octanol–water partition coefficient (Wildman–Crippen LogP) is 4.46. The second-order valence-electron chi connectivity index (χ2n) is 7.23. The van der Waals surface area contributed by atoms with Gasteiger partial charge in [-0.05, 0) is 12.8 Å². The first-order valence-electron chi connectivity index (χ1n) is 10.2. The summed E-state index contributed by atoms with van der Waals surface area (Å²) in [5.74, 6) is -3.32. The number of halogens is 2. The van der Waals surface area contributed by atoms with Crippen LogP contribution in [0.15, 0.2) is 30.3 Å². The van der Waals surface area contributed by atoms with Crippen LogP contribution < -0.4 is 0 Å². The molecule has 0 amide bonds. The minimum absolute atomic E-state index is 0.140. The van der Waals surface area contributed by atoms with Crippen LogP contribution >= 0.6 is 0 Å². The van der Waals surface area contributed by atoms with Gasteiger partial charge in [0, 0.05) is 18.8 Å². The molecule has 28 heavy (non-hydrogen) atoms. The summed E-state index contributed by atoms with van der Waals surface area (Å²) >= 11 is 0. The van der Waals surface area contributed by atoms with Gasteiger partial charge < -0.3 is 23.7 Å². The molecule has 2 saturated heterocycles. The molecule has 7 heteroatoms. The monoisotopic (exact) mass is 400 g/mol. The highest BCUT2D eigenvalue weighted by molar-refractivity contribution is 5.16. The van der Waals surface area contributed by atoms with E-state index in [4.69, 9.17) is 23.7 Å². The van der Waals surface area contributed by atoms with Gasteiger partial charge in [0.2, 0.25) is 6.29 Å². The van der Waals surface area contributed by atoms with Crippen molar-refractivity contribution in [2.75, 3.05) is 19.8 Å². The van der Waals surface area contributed by atoms with Crippen molar-refractivity contribution in [3.8, 4) is 0 Å².